The molecule has 0 atom stereocenters. The SMILES string of the molecule is O=C(O)c1cc(NCCC2CC2)ccn1. The van der Waals surface area contributed by atoms with Crippen LogP contribution >= 0.6 is 0 Å². The van der Waals surface area contributed by atoms with Gasteiger partial charge in [-0.3, -0.25) is 0 Å². The van der Waals surface area contributed by atoms with Crippen LogP contribution in [-0.4, -0.2) is 22.6 Å². The highest BCUT2D eigenvalue weighted by Gasteiger charge is 2.20. The third kappa shape index (κ3) is 2.94. The van der Waals surface area contributed by atoms with Crippen molar-refractivity contribution in [3.8, 4) is 0 Å². The summed E-state index contributed by atoms with van der Waals surface area (Å²) in [6.07, 6.45) is 5.38. The van der Waals surface area contributed by atoms with Gasteiger partial charge < -0.3 is 10.4 Å². The molecule has 1 fully saturated rings. The van der Waals surface area contributed by atoms with E-state index in [0.717, 1.165) is 18.2 Å². The quantitative estimate of drug-likeness (QED) is 0.773. The van der Waals surface area contributed by atoms with Gasteiger partial charge in [-0.1, -0.05) is 12.8 Å². The third-order valence-corrected chi connectivity index (χ3v) is 2.56. The second-order valence-electron chi connectivity index (χ2n) is 3.89. The lowest BCUT2D eigenvalue weighted by atomic mass is 10.2. The minimum Gasteiger partial charge on any atom is -0.477 e. The fourth-order valence-electron chi connectivity index (χ4n) is 1.48. The Bertz CT molecular complexity index is 361. The van der Waals surface area contributed by atoms with E-state index in [1.807, 2.05) is 0 Å². The van der Waals surface area contributed by atoms with E-state index in [1.165, 1.54) is 25.5 Å². The number of aromatic nitrogens is 1. The van der Waals surface area contributed by atoms with Gasteiger partial charge in [0, 0.05) is 18.4 Å². The summed E-state index contributed by atoms with van der Waals surface area (Å²) in [5, 5.41) is 12.0. The predicted molar refractivity (Wildman–Crippen MR) is 57.0 cm³/mol. The number of nitrogens with zero attached hydrogens (tertiary/aromatic N) is 1. The van der Waals surface area contributed by atoms with Crippen LogP contribution < -0.4 is 5.32 Å². The standard InChI is InChI=1S/C11H14N2O2/c14-11(15)10-7-9(4-6-13-10)12-5-3-8-1-2-8/h4,6-8H,1-3,5H2,(H,12,13)(H,14,15). The first kappa shape index (κ1) is 9.96. The molecule has 1 heterocycles. The Hall–Kier alpha value is -1.58. The van der Waals surface area contributed by atoms with Crippen LogP contribution in [-0.2, 0) is 0 Å². The van der Waals surface area contributed by atoms with E-state index in [0.29, 0.717) is 0 Å². The summed E-state index contributed by atoms with van der Waals surface area (Å²) < 4.78 is 0. The Morgan fingerprint density at radius 2 is 2.40 bits per heavy atom. The molecule has 4 nitrogen and oxygen atoms in total. The van der Waals surface area contributed by atoms with Crippen LogP contribution in [0, 0.1) is 5.92 Å². The molecule has 1 aliphatic rings. The summed E-state index contributed by atoms with van der Waals surface area (Å²) >= 11 is 0. The van der Waals surface area contributed by atoms with Crippen LogP contribution in [0.3, 0.4) is 0 Å². The van der Waals surface area contributed by atoms with E-state index in [-0.39, 0.29) is 5.69 Å². The number of anilines is 1. The molecule has 15 heavy (non-hydrogen) atoms. The summed E-state index contributed by atoms with van der Waals surface area (Å²) in [6.45, 7) is 0.910. The van der Waals surface area contributed by atoms with Gasteiger partial charge >= 0.3 is 5.97 Å². The van der Waals surface area contributed by atoms with Gasteiger partial charge in [-0.25, -0.2) is 9.78 Å². The summed E-state index contributed by atoms with van der Waals surface area (Å²) in [5.41, 5.74) is 0.925. The topological polar surface area (TPSA) is 62.2 Å². The molecule has 80 valence electrons. The summed E-state index contributed by atoms with van der Waals surface area (Å²) in [7, 11) is 0. The van der Waals surface area contributed by atoms with Gasteiger partial charge in [-0.15, -0.1) is 0 Å². The van der Waals surface area contributed by atoms with Crippen LogP contribution in [0.25, 0.3) is 0 Å². The highest BCUT2D eigenvalue weighted by Crippen LogP contribution is 2.32. The smallest absolute Gasteiger partial charge is 0.354 e. The maximum atomic E-state index is 10.7. The first-order valence-corrected chi connectivity index (χ1v) is 5.19. The monoisotopic (exact) mass is 206 g/mol. The summed E-state index contributed by atoms with van der Waals surface area (Å²) in [4.78, 5) is 14.4. The van der Waals surface area contributed by atoms with Crippen LogP contribution in [0.1, 0.15) is 29.8 Å². The van der Waals surface area contributed by atoms with Gasteiger partial charge in [0.05, 0.1) is 0 Å². The Morgan fingerprint density at radius 3 is 3.07 bits per heavy atom. The third-order valence-electron chi connectivity index (χ3n) is 2.56. The fourth-order valence-corrected chi connectivity index (χ4v) is 1.48. The van der Waals surface area contributed by atoms with Crippen molar-refractivity contribution in [1.29, 1.82) is 0 Å². The molecule has 0 spiro atoms. The van der Waals surface area contributed by atoms with Crippen LogP contribution in [0.2, 0.25) is 0 Å². The number of carboxylic acid groups (broad SMARTS) is 1. The molecule has 0 unspecified atom stereocenters. The zero-order chi connectivity index (χ0) is 10.7. The lowest BCUT2D eigenvalue weighted by Crippen LogP contribution is -2.05. The van der Waals surface area contributed by atoms with Crippen molar-refractivity contribution in [1.82, 2.24) is 4.98 Å². The molecule has 1 aliphatic carbocycles. The molecule has 0 amide bonds. The Morgan fingerprint density at radius 1 is 1.60 bits per heavy atom. The zero-order valence-electron chi connectivity index (χ0n) is 8.44. The second kappa shape index (κ2) is 4.29. The van der Waals surface area contributed by atoms with Gasteiger partial charge in [0.2, 0.25) is 0 Å². The van der Waals surface area contributed by atoms with Crippen molar-refractivity contribution in [2.45, 2.75) is 19.3 Å². The first-order valence-electron chi connectivity index (χ1n) is 5.19. The maximum absolute atomic E-state index is 10.7. The molecule has 0 saturated heterocycles. The Labute approximate surface area is 88.3 Å². The van der Waals surface area contributed by atoms with E-state index < -0.39 is 5.97 Å². The highest BCUT2D eigenvalue weighted by atomic mass is 16.4. The molecule has 2 N–H and O–H groups in total. The van der Waals surface area contributed by atoms with E-state index in [9.17, 15) is 4.79 Å². The lowest BCUT2D eigenvalue weighted by Gasteiger charge is -2.05. The average molecular weight is 206 g/mol. The highest BCUT2D eigenvalue weighted by molar-refractivity contribution is 5.86. The van der Waals surface area contributed by atoms with Crippen LogP contribution in [0.15, 0.2) is 18.3 Å². The van der Waals surface area contributed by atoms with Gasteiger partial charge in [0.15, 0.2) is 0 Å². The van der Waals surface area contributed by atoms with Crippen molar-refractivity contribution in [2.24, 2.45) is 5.92 Å². The van der Waals surface area contributed by atoms with Crippen molar-refractivity contribution in [2.75, 3.05) is 11.9 Å². The molecule has 1 aromatic heterocycles. The Balaban J connectivity index is 1.88. The molecule has 0 aromatic carbocycles. The zero-order valence-corrected chi connectivity index (χ0v) is 8.44. The summed E-state index contributed by atoms with van der Waals surface area (Å²) in [6, 6.07) is 3.36. The number of hydrogen-bond acceptors (Lipinski definition) is 3. The molecular formula is C11H14N2O2. The molecular weight excluding hydrogens is 192 g/mol. The van der Waals surface area contributed by atoms with Crippen LogP contribution in [0.4, 0.5) is 5.69 Å². The number of aromatic carboxylic acids is 1. The molecule has 1 aromatic rings. The normalized spacial score (nSPS) is 14.9. The van der Waals surface area contributed by atoms with Gasteiger partial charge in [0.25, 0.3) is 0 Å². The van der Waals surface area contributed by atoms with E-state index in [1.54, 1.807) is 12.1 Å². The average Bonchev–Trinajstić information content (AvgIpc) is 3.02. The number of pyridine rings is 1. The molecule has 1 saturated carbocycles. The molecule has 0 radical (unpaired) electrons. The molecule has 4 heteroatoms. The molecule has 0 bridgehead atoms. The minimum absolute atomic E-state index is 0.0893. The van der Waals surface area contributed by atoms with Crippen molar-refractivity contribution < 1.29 is 9.90 Å². The summed E-state index contributed by atoms with van der Waals surface area (Å²) in [5.74, 6) is -0.0980. The van der Waals surface area contributed by atoms with Crippen molar-refractivity contribution >= 4 is 11.7 Å². The Kier molecular flexibility index (Phi) is 2.85. The van der Waals surface area contributed by atoms with Crippen LogP contribution in [0.5, 0.6) is 0 Å². The lowest BCUT2D eigenvalue weighted by molar-refractivity contribution is 0.0690. The molecule has 0 aliphatic heterocycles. The first-order chi connectivity index (χ1) is 7.25. The van der Waals surface area contributed by atoms with E-state index in [2.05, 4.69) is 10.3 Å². The predicted octanol–water partition coefficient (Wildman–Crippen LogP) is 1.99. The number of rotatable bonds is 5. The van der Waals surface area contributed by atoms with E-state index >= 15 is 0 Å². The van der Waals surface area contributed by atoms with Crippen molar-refractivity contribution in [3.63, 3.8) is 0 Å². The largest absolute Gasteiger partial charge is 0.477 e. The van der Waals surface area contributed by atoms with Gasteiger partial charge in [-0.05, 0) is 24.5 Å². The molecule has 2 rings (SSSR count). The van der Waals surface area contributed by atoms with E-state index in [4.69, 9.17) is 5.11 Å². The number of carboxylic acids is 1. The number of nitrogens with one attached hydrogen (secondary N) is 1. The van der Waals surface area contributed by atoms with Gasteiger partial charge in [-0.2, -0.15) is 0 Å². The second-order valence-corrected chi connectivity index (χ2v) is 3.89. The van der Waals surface area contributed by atoms with Gasteiger partial charge in [0.1, 0.15) is 5.69 Å². The maximum Gasteiger partial charge on any atom is 0.354 e. The number of hydrogen-bond donors (Lipinski definition) is 2. The van der Waals surface area contributed by atoms with Crippen molar-refractivity contribution in [3.05, 3.63) is 24.0 Å². The fraction of sp³-hybridized carbons (Fsp3) is 0.455. The minimum atomic E-state index is -0.985. The number of carbonyl (C=O) groups is 1.